The highest BCUT2D eigenvalue weighted by Gasteiger charge is 2.22. The third-order valence-electron chi connectivity index (χ3n) is 3.70. The van der Waals surface area contributed by atoms with Gasteiger partial charge < -0.3 is 19.5 Å². The van der Waals surface area contributed by atoms with E-state index in [0.29, 0.717) is 6.61 Å². The Kier molecular flexibility index (Phi) is 3.97. The smallest absolute Gasteiger partial charge is 0.161 e. The molecule has 0 aromatic heterocycles. The van der Waals surface area contributed by atoms with Gasteiger partial charge in [0.15, 0.2) is 11.5 Å². The average molecular weight is 285 g/mol. The van der Waals surface area contributed by atoms with Crippen LogP contribution in [0.25, 0.3) is 0 Å². The van der Waals surface area contributed by atoms with Crippen LogP contribution in [0.3, 0.4) is 0 Å². The molecule has 0 unspecified atom stereocenters. The molecule has 0 saturated carbocycles. The summed E-state index contributed by atoms with van der Waals surface area (Å²) >= 11 is 0. The van der Waals surface area contributed by atoms with E-state index in [2.05, 4.69) is 11.4 Å². The van der Waals surface area contributed by atoms with E-state index < -0.39 is 0 Å². The predicted molar refractivity (Wildman–Crippen MR) is 81.1 cm³/mol. The number of fused-ring (bicyclic) bond motifs is 1. The molecule has 0 spiro atoms. The van der Waals surface area contributed by atoms with Gasteiger partial charge >= 0.3 is 0 Å². The minimum Gasteiger partial charge on any atom is -0.493 e. The van der Waals surface area contributed by atoms with Crippen LogP contribution in [0.4, 0.5) is 0 Å². The summed E-state index contributed by atoms with van der Waals surface area (Å²) in [6.07, 6.45) is 0. The van der Waals surface area contributed by atoms with Crippen LogP contribution in [0.15, 0.2) is 42.5 Å². The van der Waals surface area contributed by atoms with E-state index in [9.17, 15) is 0 Å². The third kappa shape index (κ3) is 2.81. The molecule has 1 N–H and O–H groups in total. The summed E-state index contributed by atoms with van der Waals surface area (Å²) in [5.74, 6) is 2.47. The fourth-order valence-electron chi connectivity index (χ4n) is 2.56. The Bertz CT molecular complexity index is 627. The van der Waals surface area contributed by atoms with Gasteiger partial charge in [-0.25, -0.2) is 0 Å². The van der Waals surface area contributed by atoms with Crippen molar-refractivity contribution < 1.29 is 14.2 Å². The zero-order chi connectivity index (χ0) is 14.7. The van der Waals surface area contributed by atoms with Gasteiger partial charge in [0.1, 0.15) is 12.4 Å². The second kappa shape index (κ2) is 6.06. The highest BCUT2D eigenvalue weighted by Crippen LogP contribution is 2.32. The van der Waals surface area contributed by atoms with Crippen LogP contribution >= 0.6 is 0 Å². The Morgan fingerprint density at radius 1 is 1.10 bits per heavy atom. The van der Waals surface area contributed by atoms with Gasteiger partial charge in [0, 0.05) is 12.1 Å². The van der Waals surface area contributed by atoms with E-state index in [0.717, 1.165) is 29.4 Å². The maximum atomic E-state index is 5.67. The molecule has 1 heterocycles. The van der Waals surface area contributed by atoms with Crippen molar-refractivity contribution in [2.75, 3.05) is 20.8 Å². The van der Waals surface area contributed by atoms with Crippen molar-refractivity contribution in [1.82, 2.24) is 5.32 Å². The summed E-state index contributed by atoms with van der Waals surface area (Å²) in [4.78, 5) is 0. The number of ether oxygens (including phenoxy) is 3. The maximum Gasteiger partial charge on any atom is 0.161 e. The van der Waals surface area contributed by atoms with E-state index in [1.165, 1.54) is 5.56 Å². The van der Waals surface area contributed by atoms with Gasteiger partial charge in [-0.1, -0.05) is 24.3 Å². The number of nitrogens with one attached hydrogen (secondary N) is 1. The molecule has 0 fully saturated rings. The van der Waals surface area contributed by atoms with Crippen molar-refractivity contribution in [2.45, 2.75) is 12.6 Å². The highest BCUT2D eigenvalue weighted by atomic mass is 16.5. The number of hydrogen-bond donors (Lipinski definition) is 1. The zero-order valence-corrected chi connectivity index (χ0v) is 12.3. The standard InChI is InChI=1S/C17H19NO3/c1-19-16-8-7-12(9-17(16)20-2)10-18-14-11-21-15-6-4-3-5-13(14)15/h3-9,14,18H,10-11H2,1-2H3/t14-/m1/s1. The average Bonchev–Trinajstić information content (AvgIpc) is 2.96. The van der Waals surface area contributed by atoms with E-state index in [1.54, 1.807) is 14.2 Å². The summed E-state index contributed by atoms with van der Waals surface area (Å²) in [6.45, 7) is 1.43. The fraction of sp³-hybridized carbons (Fsp3) is 0.294. The molecule has 110 valence electrons. The molecule has 0 saturated heterocycles. The molecule has 0 bridgehead atoms. The Hall–Kier alpha value is -2.20. The second-order valence-corrected chi connectivity index (χ2v) is 4.97. The lowest BCUT2D eigenvalue weighted by Crippen LogP contribution is -2.21. The minimum absolute atomic E-state index is 0.231. The first kappa shape index (κ1) is 13.8. The second-order valence-electron chi connectivity index (χ2n) is 4.97. The van der Waals surface area contributed by atoms with E-state index >= 15 is 0 Å². The molecule has 2 aromatic rings. The zero-order valence-electron chi connectivity index (χ0n) is 12.3. The van der Waals surface area contributed by atoms with Crippen LogP contribution in [0.1, 0.15) is 17.2 Å². The molecular formula is C17H19NO3. The lowest BCUT2D eigenvalue weighted by Gasteiger charge is -2.13. The van der Waals surface area contributed by atoms with Gasteiger partial charge in [-0.3, -0.25) is 0 Å². The molecule has 1 aliphatic rings. The van der Waals surface area contributed by atoms with Gasteiger partial charge in [0.05, 0.1) is 20.3 Å². The molecule has 3 rings (SSSR count). The summed E-state index contributed by atoms with van der Waals surface area (Å²) in [5, 5.41) is 3.52. The van der Waals surface area contributed by atoms with Crippen molar-refractivity contribution in [3.8, 4) is 17.2 Å². The number of para-hydroxylation sites is 1. The molecule has 0 radical (unpaired) electrons. The molecule has 4 heteroatoms. The van der Waals surface area contributed by atoms with Gasteiger partial charge in [-0.2, -0.15) is 0 Å². The van der Waals surface area contributed by atoms with Crippen molar-refractivity contribution in [1.29, 1.82) is 0 Å². The lowest BCUT2D eigenvalue weighted by atomic mass is 10.1. The van der Waals surface area contributed by atoms with E-state index in [4.69, 9.17) is 14.2 Å². The monoisotopic (exact) mass is 285 g/mol. The number of methoxy groups -OCH3 is 2. The first-order valence-electron chi connectivity index (χ1n) is 6.98. The Morgan fingerprint density at radius 2 is 1.90 bits per heavy atom. The van der Waals surface area contributed by atoms with E-state index in [-0.39, 0.29) is 6.04 Å². The Balaban J connectivity index is 1.69. The predicted octanol–water partition coefficient (Wildman–Crippen LogP) is 2.93. The molecule has 0 aliphatic carbocycles. The van der Waals surface area contributed by atoms with Gasteiger partial charge in [-0.05, 0) is 23.8 Å². The van der Waals surface area contributed by atoms with E-state index in [1.807, 2.05) is 36.4 Å². The third-order valence-corrected chi connectivity index (χ3v) is 3.70. The summed E-state index contributed by atoms with van der Waals surface area (Å²) in [5.41, 5.74) is 2.37. The number of benzene rings is 2. The van der Waals surface area contributed by atoms with Gasteiger partial charge in [-0.15, -0.1) is 0 Å². The Morgan fingerprint density at radius 3 is 2.71 bits per heavy atom. The molecule has 21 heavy (non-hydrogen) atoms. The maximum absolute atomic E-state index is 5.67. The van der Waals surface area contributed by atoms with Crippen LogP contribution in [0.2, 0.25) is 0 Å². The lowest BCUT2D eigenvalue weighted by molar-refractivity contribution is 0.310. The fourth-order valence-corrected chi connectivity index (χ4v) is 2.56. The quantitative estimate of drug-likeness (QED) is 0.917. The van der Waals surface area contributed by atoms with Crippen molar-refractivity contribution >= 4 is 0 Å². The largest absolute Gasteiger partial charge is 0.493 e. The minimum atomic E-state index is 0.231. The Labute approximate surface area is 124 Å². The van der Waals surface area contributed by atoms with Crippen molar-refractivity contribution in [3.05, 3.63) is 53.6 Å². The first-order chi connectivity index (χ1) is 10.3. The van der Waals surface area contributed by atoms with Gasteiger partial charge in [0.2, 0.25) is 0 Å². The van der Waals surface area contributed by atoms with Gasteiger partial charge in [0.25, 0.3) is 0 Å². The molecular weight excluding hydrogens is 266 g/mol. The van der Waals surface area contributed by atoms with Crippen molar-refractivity contribution in [3.63, 3.8) is 0 Å². The van der Waals surface area contributed by atoms with Crippen LogP contribution in [-0.2, 0) is 6.54 Å². The normalized spacial score (nSPS) is 16.2. The molecule has 1 aliphatic heterocycles. The number of rotatable bonds is 5. The topological polar surface area (TPSA) is 39.7 Å². The highest BCUT2D eigenvalue weighted by molar-refractivity contribution is 5.43. The van der Waals surface area contributed by atoms with Crippen LogP contribution in [0.5, 0.6) is 17.2 Å². The molecule has 1 atom stereocenters. The molecule has 2 aromatic carbocycles. The molecule has 4 nitrogen and oxygen atoms in total. The molecule has 0 amide bonds. The number of hydrogen-bond acceptors (Lipinski definition) is 4. The van der Waals surface area contributed by atoms with Crippen LogP contribution in [-0.4, -0.2) is 20.8 Å². The van der Waals surface area contributed by atoms with Crippen LogP contribution < -0.4 is 19.5 Å². The first-order valence-corrected chi connectivity index (χ1v) is 6.98. The summed E-state index contributed by atoms with van der Waals surface area (Å²) < 4.78 is 16.3. The summed E-state index contributed by atoms with van der Waals surface area (Å²) in [7, 11) is 3.29. The SMILES string of the molecule is COc1ccc(CN[C@@H]2COc3ccccc32)cc1OC. The van der Waals surface area contributed by atoms with Crippen molar-refractivity contribution in [2.24, 2.45) is 0 Å². The summed E-state index contributed by atoms with van der Waals surface area (Å²) in [6, 6.07) is 14.3. The van der Waals surface area contributed by atoms with Crippen LogP contribution in [0, 0.1) is 0 Å².